The molecule has 0 atom stereocenters. The fraction of sp³-hybridized carbons (Fsp3) is 0.240. The lowest BCUT2D eigenvalue weighted by atomic mass is 10.0. The van der Waals surface area contributed by atoms with Crippen LogP contribution in [-0.2, 0) is 6.54 Å². The third kappa shape index (κ3) is 4.56. The number of aryl methyl sites for hydroxylation is 2. The van der Waals surface area contributed by atoms with Gasteiger partial charge in [-0.15, -0.1) is 0 Å². The van der Waals surface area contributed by atoms with Gasteiger partial charge in [0.05, 0.1) is 22.5 Å². The quantitative estimate of drug-likeness (QED) is 0.472. The summed E-state index contributed by atoms with van der Waals surface area (Å²) in [6.07, 6.45) is 3.47. The van der Waals surface area contributed by atoms with E-state index < -0.39 is 0 Å². The zero-order valence-corrected chi connectivity index (χ0v) is 18.6. The monoisotopic (exact) mass is 427 g/mol. The molecular weight excluding hydrogens is 402 g/mol. The first kappa shape index (κ1) is 21.4. The topological polar surface area (TPSA) is 93.8 Å². The molecule has 0 aliphatic carbocycles. The molecule has 0 unspecified atom stereocenters. The second-order valence-corrected chi connectivity index (χ2v) is 7.99. The van der Waals surface area contributed by atoms with Crippen molar-refractivity contribution in [1.82, 2.24) is 25.4 Å². The number of aromatic nitrogens is 4. The van der Waals surface area contributed by atoms with Crippen molar-refractivity contribution in [2.24, 2.45) is 0 Å². The second-order valence-electron chi connectivity index (χ2n) is 7.99. The summed E-state index contributed by atoms with van der Waals surface area (Å²) in [5.41, 5.74) is 5.60. The summed E-state index contributed by atoms with van der Waals surface area (Å²) in [7, 11) is 0. The minimum Gasteiger partial charge on any atom is -0.356 e. The molecule has 1 aromatic carbocycles. The van der Waals surface area contributed by atoms with Gasteiger partial charge in [-0.3, -0.25) is 9.78 Å². The molecule has 0 spiro atoms. The van der Waals surface area contributed by atoms with Crippen molar-refractivity contribution in [1.29, 1.82) is 0 Å². The summed E-state index contributed by atoms with van der Waals surface area (Å²) in [5, 5.41) is 6.95. The van der Waals surface area contributed by atoms with E-state index in [1.165, 1.54) is 0 Å². The van der Waals surface area contributed by atoms with Gasteiger partial charge in [0.25, 0.3) is 5.91 Å². The lowest BCUT2D eigenvalue weighted by Crippen LogP contribution is -2.23. The zero-order chi connectivity index (χ0) is 22.7. The van der Waals surface area contributed by atoms with Crippen molar-refractivity contribution in [2.75, 3.05) is 0 Å². The van der Waals surface area contributed by atoms with E-state index in [0.717, 1.165) is 33.9 Å². The summed E-state index contributed by atoms with van der Waals surface area (Å²) in [6, 6.07) is 13.4. The van der Waals surface area contributed by atoms with Gasteiger partial charge in [-0.1, -0.05) is 43.3 Å². The molecule has 4 rings (SSSR count). The van der Waals surface area contributed by atoms with E-state index in [2.05, 4.69) is 34.3 Å². The molecule has 162 valence electrons. The molecule has 0 bridgehead atoms. The SMILES string of the molecule is Cc1cc(-c2cnc(C(C)C)nc2-c2ccc(CNC(=O)c3cccnc3C)cc2)on1. The predicted molar refractivity (Wildman–Crippen MR) is 122 cm³/mol. The van der Waals surface area contributed by atoms with Gasteiger partial charge < -0.3 is 9.84 Å². The zero-order valence-electron chi connectivity index (χ0n) is 18.6. The first-order valence-electron chi connectivity index (χ1n) is 10.5. The highest BCUT2D eigenvalue weighted by molar-refractivity contribution is 5.95. The summed E-state index contributed by atoms with van der Waals surface area (Å²) in [6.45, 7) is 8.25. The minimum absolute atomic E-state index is 0.139. The summed E-state index contributed by atoms with van der Waals surface area (Å²) in [5.74, 6) is 1.46. The average Bonchev–Trinajstić information content (AvgIpc) is 3.23. The number of pyridine rings is 1. The third-order valence-corrected chi connectivity index (χ3v) is 5.15. The Balaban J connectivity index is 1.57. The lowest BCUT2D eigenvalue weighted by Gasteiger charge is -2.11. The molecular formula is C25H25N5O2. The van der Waals surface area contributed by atoms with Crippen molar-refractivity contribution in [3.8, 4) is 22.6 Å². The van der Waals surface area contributed by atoms with Crippen LogP contribution in [0.2, 0.25) is 0 Å². The average molecular weight is 428 g/mol. The number of hydrogen-bond acceptors (Lipinski definition) is 6. The van der Waals surface area contributed by atoms with Crippen molar-refractivity contribution >= 4 is 5.91 Å². The molecule has 0 aliphatic rings. The van der Waals surface area contributed by atoms with Crippen molar-refractivity contribution in [3.05, 3.63) is 83.2 Å². The Morgan fingerprint density at radius 3 is 2.53 bits per heavy atom. The van der Waals surface area contributed by atoms with Crippen molar-refractivity contribution in [2.45, 2.75) is 40.2 Å². The molecule has 0 aliphatic heterocycles. The Labute approximate surface area is 186 Å². The molecule has 4 aromatic rings. The normalized spacial score (nSPS) is 11.0. The molecule has 7 nitrogen and oxygen atoms in total. The van der Waals surface area contributed by atoms with Crippen molar-refractivity contribution in [3.63, 3.8) is 0 Å². The Morgan fingerprint density at radius 2 is 1.88 bits per heavy atom. The highest BCUT2D eigenvalue weighted by atomic mass is 16.5. The van der Waals surface area contributed by atoms with Crippen molar-refractivity contribution < 1.29 is 9.32 Å². The van der Waals surface area contributed by atoms with Gasteiger partial charge in [-0.25, -0.2) is 9.97 Å². The molecule has 0 saturated carbocycles. The molecule has 7 heteroatoms. The fourth-order valence-electron chi connectivity index (χ4n) is 3.35. The first-order valence-corrected chi connectivity index (χ1v) is 10.5. The highest BCUT2D eigenvalue weighted by Crippen LogP contribution is 2.31. The maximum atomic E-state index is 12.4. The van der Waals surface area contributed by atoms with Crippen LogP contribution in [0.3, 0.4) is 0 Å². The Bertz CT molecular complexity index is 1250. The molecule has 1 N–H and O–H groups in total. The molecule has 0 fully saturated rings. The van der Waals surface area contributed by atoms with Gasteiger partial charge in [0.1, 0.15) is 5.82 Å². The second kappa shape index (κ2) is 9.09. The number of amides is 1. The number of carbonyl (C=O) groups is 1. The molecule has 3 aromatic heterocycles. The number of hydrogen-bond donors (Lipinski definition) is 1. The summed E-state index contributed by atoms with van der Waals surface area (Å²) >= 11 is 0. The highest BCUT2D eigenvalue weighted by Gasteiger charge is 2.17. The molecule has 0 saturated heterocycles. The van der Waals surface area contributed by atoms with Gasteiger partial charge in [0, 0.05) is 42.2 Å². The maximum absolute atomic E-state index is 12.4. The third-order valence-electron chi connectivity index (χ3n) is 5.15. The Morgan fingerprint density at radius 1 is 1.09 bits per heavy atom. The smallest absolute Gasteiger partial charge is 0.253 e. The minimum atomic E-state index is -0.139. The Hall–Kier alpha value is -3.87. The number of carbonyl (C=O) groups excluding carboxylic acids is 1. The van der Waals surface area contributed by atoms with E-state index in [9.17, 15) is 4.79 Å². The fourth-order valence-corrected chi connectivity index (χ4v) is 3.35. The van der Waals surface area contributed by atoms with E-state index in [-0.39, 0.29) is 11.8 Å². The van der Waals surface area contributed by atoms with E-state index >= 15 is 0 Å². The van der Waals surface area contributed by atoms with E-state index in [0.29, 0.717) is 23.6 Å². The van der Waals surface area contributed by atoms with Crippen LogP contribution in [0.25, 0.3) is 22.6 Å². The van der Waals surface area contributed by atoms with Crippen LogP contribution in [0.5, 0.6) is 0 Å². The standard InChI is InChI=1S/C25H25N5O2/c1-15(2)24-27-14-21(22-12-16(3)30-32-22)23(29-24)19-9-7-18(8-10-19)13-28-25(31)20-6-5-11-26-17(20)4/h5-12,14-15H,13H2,1-4H3,(H,28,31). The van der Waals surface area contributed by atoms with Crippen LogP contribution in [0, 0.1) is 13.8 Å². The van der Waals surface area contributed by atoms with Crippen LogP contribution in [0.4, 0.5) is 0 Å². The molecule has 32 heavy (non-hydrogen) atoms. The summed E-state index contributed by atoms with van der Waals surface area (Å²) in [4.78, 5) is 25.9. The van der Waals surface area contributed by atoms with Crippen LogP contribution in [0.1, 0.15) is 52.9 Å². The number of benzene rings is 1. The summed E-state index contributed by atoms with van der Waals surface area (Å²) < 4.78 is 5.47. The van der Waals surface area contributed by atoms with Crippen LogP contribution < -0.4 is 5.32 Å². The van der Waals surface area contributed by atoms with Crippen LogP contribution >= 0.6 is 0 Å². The van der Waals surface area contributed by atoms with Crippen LogP contribution in [-0.4, -0.2) is 26.0 Å². The Kier molecular flexibility index (Phi) is 6.07. The van der Waals surface area contributed by atoms with Gasteiger partial charge >= 0.3 is 0 Å². The molecule has 3 heterocycles. The lowest BCUT2D eigenvalue weighted by molar-refractivity contribution is 0.0950. The van der Waals surface area contributed by atoms with Crippen LogP contribution in [0.15, 0.2) is 59.4 Å². The number of nitrogens with zero attached hydrogens (tertiary/aromatic N) is 4. The van der Waals surface area contributed by atoms with Gasteiger partial charge in [0.2, 0.25) is 0 Å². The number of nitrogens with one attached hydrogen (secondary N) is 1. The molecule has 0 radical (unpaired) electrons. The molecule has 1 amide bonds. The van der Waals surface area contributed by atoms with Gasteiger partial charge in [-0.2, -0.15) is 0 Å². The van der Waals surface area contributed by atoms with Gasteiger partial charge in [-0.05, 0) is 31.5 Å². The first-order chi connectivity index (χ1) is 15.4. The predicted octanol–water partition coefficient (Wildman–Crippen LogP) is 4.86. The van der Waals surface area contributed by atoms with E-state index in [1.54, 1.807) is 24.5 Å². The maximum Gasteiger partial charge on any atom is 0.253 e. The van der Waals surface area contributed by atoms with E-state index in [4.69, 9.17) is 9.51 Å². The van der Waals surface area contributed by atoms with Gasteiger partial charge in [0.15, 0.2) is 5.76 Å². The van der Waals surface area contributed by atoms with E-state index in [1.807, 2.05) is 44.2 Å². The number of rotatable bonds is 6. The largest absolute Gasteiger partial charge is 0.356 e.